The van der Waals surface area contributed by atoms with Crippen molar-refractivity contribution in [3.8, 4) is 0 Å². The van der Waals surface area contributed by atoms with Crippen LogP contribution in [-0.2, 0) is 0 Å². The SMILES string of the molecule is CC(CO)c1ccc2oc(=O)[nH]c2c1. The third-order valence-corrected chi connectivity index (χ3v) is 2.29. The standard InChI is InChI=1S/C10H11NO3/c1-6(5-12)7-2-3-9-8(4-7)11-10(13)14-9/h2-4,6,12H,5H2,1H3,(H,11,13). The van der Waals surface area contributed by atoms with E-state index in [1.807, 2.05) is 19.1 Å². The van der Waals surface area contributed by atoms with E-state index in [1.165, 1.54) is 0 Å². The van der Waals surface area contributed by atoms with Crippen LogP contribution in [0.15, 0.2) is 27.4 Å². The topological polar surface area (TPSA) is 66.2 Å². The van der Waals surface area contributed by atoms with Crippen molar-refractivity contribution < 1.29 is 9.52 Å². The van der Waals surface area contributed by atoms with Crippen molar-refractivity contribution >= 4 is 11.1 Å². The van der Waals surface area contributed by atoms with Crippen LogP contribution in [0, 0.1) is 0 Å². The summed E-state index contributed by atoms with van der Waals surface area (Å²) in [6.45, 7) is 2.01. The van der Waals surface area contributed by atoms with Crippen LogP contribution in [-0.4, -0.2) is 16.7 Å². The molecule has 0 aliphatic rings. The van der Waals surface area contributed by atoms with Crippen molar-refractivity contribution in [3.05, 3.63) is 34.3 Å². The minimum absolute atomic E-state index is 0.0674. The van der Waals surface area contributed by atoms with E-state index >= 15 is 0 Å². The third kappa shape index (κ3) is 1.44. The zero-order valence-corrected chi connectivity index (χ0v) is 7.78. The number of hydrogen-bond donors (Lipinski definition) is 2. The van der Waals surface area contributed by atoms with E-state index in [4.69, 9.17) is 9.52 Å². The first-order valence-corrected chi connectivity index (χ1v) is 4.44. The Labute approximate surface area is 80.2 Å². The van der Waals surface area contributed by atoms with E-state index in [1.54, 1.807) is 6.07 Å². The molecule has 2 aromatic rings. The maximum atomic E-state index is 10.9. The lowest BCUT2D eigenvalue weighted by molar-refractivity contribution is 0.273. The summed E-state index contributed by atoms with van der Waals surface area (Å²) in [5.41, 5.74) is 2.20. The number of aromatic amines is 1. The Kier molecular flexibility index (Phi) is 2.13. The van der Waals surface area contributed by atoms with Gasteiger partial charge in [-0.3, -0.25) is 4.98 Å². The van der Waals surface area contributed by atoms with Gasteiger partial charge < -0.3 is 9.52 Å². The second-order valence-corrected chi connectivity index (χ2v) is 3.35. The quantitative estimate of drug-likeness (QED) is 0.753. The second-order valence-electron chi connectivity index (χ2n) is 3.35. The smallest absolute Gasteiger partial charge is 0.408 e. The van der Waals surface area contributed by atoms with Gasteiger partial charge >= 0.3 is 5.76 Å². The Hall–Kier alpha value is -1.55. The number of aliphatic hydroxyl groups excluding tert-OH is 1. The number of hydrogen-bond acceptors (Lipinski definition) is 3. The third-order valence-electron chi connectivity index (χ3n) is 2.29. The molecule has 0 aliphatic heterocycles. The minimum atomic E-state index is -0.450. The highest BCUT2D eigenvalue weighted by molar-refractivity contribution is 5.72. The molecular formula is C10H11NO3. The van der Waals surface area contributed by atoms with Crippen LogP contribution in [0.4, 0.5) is 0 Å². The van der Waals surface area contributed by atoms with Gasteiger partial charge in [-0.25, -0.2) is 4.79 Å². The van der Waals surface area contributed by atoms with Crippen LogP contribution in [0.25, 0.3) is 11.1 Å². The van der Waals surface area contributed by atoms with Crippen molar-refractivity contribution in [2.24, 2.45) is 0 Å². The molecule has 0 spiro atoms. The molecule has 14 heavy (non-hydrogen) atoms. The Morgan fingerprint density at radius 1 is 1.57 bits per heavy atom. The van der Waals surface area contributed by atoms with E-state index in [0.29, 0.717) is 11.1 Å². The Bertz CT molecular complexity index is 497. The van der Waals surface area contributed by atoms with Gasteiger partial charge in [-0.1, -0.05) is 13.0 Å². The second kappa shape index (κ2) is 3.31. The van der Waals surface area contributed by atoms with Gasteiger partial charge in [-0.15, -0.1) is 0 Å². The molecule has 74 valence electrons. The van der Waals surface area contributed by atoms with Gasteiger partial charge in [0.2, 0.25) is 0 Å². The Morgan fingerprint density at radius 3 is 3.07 bits per heavy atom. The molecule has 2 rings (SSSR count). The summed E-state index contributed by atoms with van der Waals surface area (Å²) in [4.78, 5) is 13.4. The maximum Gasteiger partial charge on any atom is 0.417 e. The molecule has 1 aromatic carbocycles. The molecule has 4 nitrogen and oxygen atoms in total. The highest BCUT2D eigenvalue weighted by Crippen LogP contribution is 2.19. The fourth-order valence-electron chi connectivity index (χ4n) is 1.38. The van der Waals surface area contributed by atoms with Gasteiger partial charge in [0, 0.05) is 12.5 Å². The summed E-state index contributed by atoms with van der Waals surface area (Å²) in [6.07, 6.45) is 0. The molecule has 4 heteroatoms. The van der Waals surface area contributed by atoms with Crippen molar-refractivity contribution in [1.29, 1.82) is 0 Å². The van der Waals surface area contributed by atoms with Crippen molar-refractivity contribution in [1.82, 2.24) is 4.98 Å². The summed E-state index contributed by atoms with van der Waals surface area (Å²) in [5, 5.41) is 8.97. The van der Waals surface area contributed by atoms with Crippen LogP contribution in [0.5, 0.6) is 0 Å². The van der Waals surface area contributed by atoms with E-state index in [0.717, 1.165) is 5.56 Å². The molecule has 0 saturated carbocycles. The molecule has 0 saturated heterocycles. The van der Waals surface area contributed by atoms with Gasteiger partial charge in [0.25, 0.3) is 0 Å². The van der Waals surface area contributed by atoms with Crippen molar-refractivity contribution in [2.75, 3.05) is 6.61 Å². The summed E-state index contributed by atoms with van der Waals surface area (Å²) < 4.78 is 4.86. The Morgan fingerprint density at radius 2 is 2.36 bits per heavy atom. The summed E-state index contributed by atoms with van der Waals surface area (Å²) in [7, 11) is 0. The van der Waals surface area contributed by atoms with Gasteiger partial charge in [-0.05, 0) is 17.7 Å². The fraction of sp³-hybridized carbons (Fsp3) is 0.300. The van der Waals surface area contributed by atoms with Crippen LogP contribution in [0.1, 0.15) is 18.4 Å². The van der Waals surface area contributed by atoms with E-state index < -0.39 is 5.76 Å². The summed E-state index contributed by atoms with van der Waals surface area (Å²) in [6, 6.07) is 5.40. The molecule has 0 radical (unpaired) electrons. The summed E-state index contributed by atoms with van der Waals surface area (Å²) in [5.74, 6) is -0.383. The zero-order chi connectivity index (χ0) is 10.1. The molecular weight excluding hydrogens is 182 g/mol. The lowest BCUT2D eigenvalue weighted by Crippen LogP contribution is -1.98. The number of H-pyrrole nitrogens is 1. The molecule has 0 fully saturated rings. The minimum Gasteiger partial charge on any atom is -0.408 e. The van der Waals surface area contributed by atoms with E-state index in [2.05, 4.69) is 4.98 Å². The summed E-state index contributed by atoms with van der Waals surface area (Å²) >= 11 is 0. The molecule has 0 amide bonds. The highest BCUT2D eigenvalue weighted by Gasteiger charge is 2.06. The molecule has 1 atom stereocenters. The van der Waals surface area contributed by atoms with Gasteiger partial charge in [0.1, 0.15) is 0 Å². The van der Waals surface area contributed by atoms with Gasteiger partial charge in [0.15, 0.2) is 5.58 Å². The Balaban J connectivity index is 2.55. The van der Waals surface area contributed by atoms with Crippen molar-refractivity contribution in [3.63, 3.8) is 0 Å². The van der Waals surface area contributed by atoms with Crippen LogP contribution < -0.4 is 5.76 Å². The average Bonchev–Trinajstić information content (AvgIpc) is 2.55. The molecule has 0 bridgehead atoms. The first-order chi connectivity index (χ1) is 6.70. The number of benzene rings is 1. The van der Waals surface area contributed by atoms with Crippen LogP contribution >= 0.6 is 0 Å². The predicted octanol–water partition coefficient (Wildman–Crippen LogP) is 1.22. The zero-order valence-electron chi connectivity index (χ0n) is 7.78. The molecule has 1 heterocycles. The number of oxazole rings is 1. The molecule has 0 aliphatic carbocycles. The molecule has 2 N–H and O–H groups in total. The largest absolute Gasteiger partial charge is 0.417 e. The highest BCUT2D eigenvalue weighted by atomic mass is 16.4. The molecule has 1 unspecified atom stereocenters. The first kappa shape index (κ1) is 9.02. The number of fused-ring (bicyclic) bond motifs is 1. The number of nitrogens with one attached hydrogen (secondary N) is 1. The normalized spacial score (nSPS) is 13.3. The first-order valence-electron chi connectivity index (χ1n) is 4.44. The monoisotopic (exact) mass is 193 g/mol. The predicted molar refractivity (Wildman–Crippen MR) is 52.3 cm³/mol. The van der Waals surface area contributed by atoms with E-state index in [9.17, 15) is 4.79 Å². The average molecular weight is 193 g/mol. The van der Waals surface area contributed by atoms with Crippen LogP contribution in [0.3, 0.4) is 0 Å². The maximum absolute atomic E-state index is 10.9. The number of rotatable bonds is 2. The van der Waals surface area contributed by atoms with Crippen LogP contribution in [0.2, 0.25) is 0 Å². The lowest BCUT2D eigenvalue weighted by atomic mass is 10.0. The molecule has 1 aromatic heterocycles. The van der Waals surface area contributed by atoms with E-state index in [-0.39, 0.29) is 12.5 Å². The number of aromatic nitrogens is 1. The van der Waals surface area contributed by atoms with Gasteiger partial charge in [-0.2, -0.15) is 0 Å². The van der Waals surface area contributed by atoms with Crippen molar-refractivity contribution in [2.45, 2.75) is 12.8 Å². The lowest BCUT2D eigenvalue weighted by Gasteiger charge is -2.06. The fourth-order valence-corrected chi connectivity index (χ4v) is 1.38. The number of aliphatic hydroxyl groups is 1. The van der Waals surface area contributed by atoms with Gasteiger partial charge in [0.05, 0.1) is 5.52 Å².